The minimum Gasteiger partial charge on any atom is -0.497 e. The van der Waals surface area contributed by atoms with Crippen LogP contribution in [0, 0.1) is 0 Å². The van der Waals surface area contributed by atoms with E-state index in [1.54, 1.807) is 35.1 Å². The number of hydrogen-bond donors (Lipinski definition) is 1. The van der Waals surface area contributed by atoms with Gasteiger partial charge >= 0.3 is 12.2 Å². The molecule has 7 nitrogen and oxygen atoms in total. The third-order valence-corrected chi connectivity index (χ3v) is 7.49. The largest absolute Gasteiger partial charge is 0.497 e. The van der Waals surface area contributed by atoms with E-state index >= 15 is 0 Å². The van der Waals surface area contributed by atoms with Crippen LogP contribution < -0.4 is 15.0 Å². The number of carbonyl (C=O) groups excluding carboxylic acids is 2. The number of ether oxygens (including phenoxy) is 1. The number of urea groups is 1. The highest BCUT2D eigenvalue weighted by Gasteiger charge is 2.56. The number of hydrogen-bond acceptors (Lipinski definition) is 4. The molecule has 37 heavy (non-hydrogen) atoms. The molecule has 3 fully saturated rings. The second-order valence-corrected chi connectivity index (χ2v) is 9.82. The summed E-state index contributed by atoms with van der Waals surface area (Å²) >= 11 is 0. The lowest BCUT2D eigenvalue weighted by Crippen LogP contribution is -2.53. The molecule has 3 aliphatic rings. The molecular formula is C27H29F3N4O3. The molecule has 1 saturated carbocycles. The van der Waals surface area contributed by atoms with Gasteiger partial charge in [0, 0.05) is 18.2 Å². The van der Waals surface area contributed by atoms with Gasteiger partial charge in [0.1, 0.15) is 17.1 Å². The lowest BCUT2D eigenvalue weighted by molar-refractivity contribution is -0.137. The fourth-order valence-corrected chi connectivity index (χ4v) is 5.56. The highest BCUT2D eigenvalue weighted by molar-refractivity contribution is 6.19. The Bertz CT molecular complexity index is 1210. The molecule has 196 valence electrons. The molecule has 10 heteroatoms. The first-order valence-corrected chi connectivity index (χ1v) is 12.5. The summed E-state index contributed by atoms with van der Waals surface area (Å²) in [7, 11) is 1.55. The number of nitrogens with zero attached hydrogens (tertiary/aromatic N) is 3. The fourth-order valence-electron chi connectivity index (χ4n) is 5.56. The SMILES string of the molecule is COc1cccc(N2C(=O)NC(=NC3CCCCC3)C23CCN(C(=O)c2ccc(C(F)(F)F)cc2)C3)c1. The average Bonchev–Trinajstić information content (AvgIpc) is 3.45. The number of likely N-dealkylation sites (tertiary alicyclic amines) is 1. The van der Waals surface area contributed by atoms with Crippen molar-refractivity contribution < 1.29 is 27.5 Å². The van der Waals surface area contributed by atoms with Gasteiger partial charge in [0.05, 0.1) is 30.9 Å². The van der Waals surface area contributed by atoms with Crippen LogP contribution in [0.15, 0.2) is 53.5 Å². The van der Waals surface area contributed by atoms with Crippen molar-refractivity contribution in [2.45, 2.75) is 56.3 Å². The van der Waals surface area contributed by atoms with Crippen LogP contribution in [0.1, 0.15) is 54.4 Å². The number of aliphatic imine (C=N–C) groups is 1. The summed E-state index contributed by atoms with van der Waals surface area (Å²) in [6.45, 7) is 0.507. The van der Waals surface area contributed by atoms with E-state index in [2.05, 4.69) is 5.32 Å². The zero-order valence-corrected chi connectivity index (χ0v) is 20.6. The van der Waals surface area contributed by atoms with Gasteiger partial charge in [-0.1, -0.05) is 25.3 Å². The van der Waals surface area contributed by atoms with E-state index in [-0.39, 0.29) is 30.1 Å². The first kappa shape index (κ1) is 25.1. The van der Waals surface area contributed by atoms with Crippen LogP contribution in [0.4, 0.5) is 23.7 Å². The zero-order chi connectivity index (χ0) is 26.2. The second kappa shape index (κ2) is 9.72. The molecule has 3 amide bonds. The van der Waals surface area contributed by atoms with Gasteiger partial charge in [0.25, 0.3) is 5.91 Å². The predicted molar refractivity (Wildman–Crippen MR) is 133 cm³/mol. The first-order valence-electron chi connectivity index (χ1n) is 12.5. The van der Waals surface area contributed by atoms with Gasteiger partial charge in [-0.05, 0) is 55.7 Å². The normalized spacial score (nSPS) is 23.7. The smallest absolute Gasteiger partial charge is 0.416 e. The van der Waals surface area contributed by atoms with E-state index in [9.17, 15) is 22.8 Å². The number of benzene rings is 2. The van der Waals surface area contributed by atoms with Gasteiger partial charge in [0.15, 0.2) is 0 Å². The number of carbonyl (C=O) groups is 2. The number of rotatable bonds is 4. The highest BCUT2D eigenvalue weighted by atomic mass is 19.4. The highest BCUT2D eigenvalue weighted by Crippen LogP contribution is 2.39. The lowest BCUT2D eigenvalue weighted by atomic mass is 9.93. The molecule has 5 rings (SSSR count). The van der Waals surface area contributed by atoms with E-state index in [1.165, 1.54) is 18.6 Å². The van der Waals surface area contributed by atoms with Gasteiger partial charge in [-0.2, -0.15) is 13.2 Å². The number of methoxy groups -OCH3 is 1. The monoisotopic (exact) mass is 514 g/mol. The number of amidine groups is 1. The third-order valence-electron chi connectivity index (χ3n) is 7.49. The van der Waals surface area contributed by atoms with E-state index in [0.717, 1.165) is 37.8 Å². The van der Waals surface area contributed by atoms with Crippen LogP contribution in [0.5, 0.6) is 5.75 Å². The molecule has 0 radical (unpaired) electrons. The van der Waals surface area contributed by atoms with Crippen molar-refractivity contribution in [3.63, 3.8) is 0 Å². The Labute approximate surface area is 213 Å². The maximum absolute atomic E-state index is 13.3. The second-order valence-electron chi connectivity index (χ2n) is 9.82. The molecule has 2 aromatic carbocycles. The average molecular weight is 515 g/mol. The van der Waals surface area contributed by atoms with Crippen molar-refractivity contribution in [3.8, 4) is 5.75 Å². The number of amides is 3. The van der Waals surface area contributed by atoms with Crippen molar-refractivity contribution >= 4 is 23.5 Å². The van der Waals surface area contributed by atoms with E-state index in [4.69, 9.17) is 9.73 Å². The van der Waals surface area contributed by atoms with E-state index in [1.807, 2.05) is 6.07 Å². The van der Waals surface area contributed by atoms with Crippen LogP contribution in [-0.4, -0.2) is 54.5 Å². The summed E-state index contributed by atoms with van der Waals surface area (Å²) in [6, 6.07) is 11.2. The maximum Gasteiger partial charge on any atom is 0.416 e. The summed E-state index contributed by atoms with van der Waals surface area (Å²) in [6.07, 6.45) is 1.20. The summed E-state index contributed by atoms with van der Waals surface area (Å²) in [5.41, 5.74) is -0.920. The Morgan fingerprint density at radius 1 is 1.11 bits per heavy atom. The van der Waals surface area contributed by atoms with Gasteiger partial charge in [-0.3, -0.25) is 20.0 Å². The van der Waals surface area contributed by atoms with E-state index in [0.29, 0.717) is 30.2 Å². The molecule has 0 aromatic heterocycles. The molecule has 2 saturated heterocycles. The van der Waals surface area contributed by atoms with Gasteiger partial charge < -0.3 is 9.64 Å². The van der Waals surface area contributed by atoms with Crippen molar-refractivity contribution in [2.75, 3.05) is 25.1 Å². The Kier molecular flexibility index (Phi) is 6.59. The van der Waals surface area contributed by atoms with Gasteiger partial charge in [-0.15, -0.1) is 0 Å². The minimum atomic E-state index is -4.48. The predicted octanol–water partition coefficient (Wildman–Crippen LogP) is 5.26. The van der Waals surface area contributed by atoms with Crippen molar-refractivity contribution in [1.82, 2.24) is 10.2 Å². The number of alkyl halides is 3. The number of nitrogens with one attached hydrogen (secondary N) is 1. The van der Waals surface area contributed by atoms with Gasteiger partial charge in [-0.25, -0.2) is 4.79 Å². The molecule has 1 aliphatic carbocycles. The lowest BCUT2D eigenvalue weighted by Gasteiger charge is -2.34. The molecular weight excluding hydrogens is 485 g/mol. The first-order chi connectivity index (χ1) is 17.7. The molecule has 1 N–H and O–H groups in total. The van der Waals surface area contributed by atoms with Crippen molar-refractivity contribution in [3.05, 3.63) is 59.7 Å². The van der Waals surface area contributed by atoms with Crippen LogP contribution >= 0.6 is 0 Å². The Morgan fingerprint density at radius 3 is 2.51 bits per heavy atom. The van der Waals surface area contributed by atoms with Crippen LogP contribution in [0.3, 0.4) is 0 Å². The summed E-state index contributed by atoms with van der Waals surface area (Å²) in [5.74, 6) is 0.760. The number of anilines is 1. The molecule has 1 spiro atoms. The van der Waals surface area contributed by atoms with Crippen molar-refractivity contribution in [1.29, 1.82) is 0 Å². The molecule has 1 unspecified atom stereocenters. The Balaban J connectivity index is 1.48. The summed E-state index contributed by atoms with van der Waals surface area (Å²) in [5, 5.41) is 2.98. The third kappa shape index (κ3) is 4.76. The molecule has 2 aliphatic heterocycles. The quantitative estimate of drug-likeness (QED) is 0.605. The standard InChI is InChI=1S/C27H29F3N4O3/c1-37-22-9-5-8-21(16-22)34-25(36)32-24(31-20-6-3-2-4-7-20)26(34)14-15-33(17-26)23(35)18-10-12-19(13-11-18)27(28,29)30/h5,8-13,16,20H,2-4,6-7,14-15,17H2,1H3,(H,31,32,36). The fraction of sp³-hybridized carbons (Fsp3) is 0.444. The molecule has 2 aromatic rings. The molecule has 0 bridgehead atoms. The summed E-state index contributed by atoms with van der Waals surface area (Å²) < 4.78 is 44.3. The minimum absolute atomic E-state index is 0.103. The summed E-state index contributed by atoms with van der Waals surface area (Å²) in [4.78, 5) is 34.9. The zero-order valence-electron chi connectivity index (χ0n) is 20.6. The number of halogens is 3. The van der Waals surface area contributed by atoms with E-state index < -0.39 is 17.3 Å². The Hall–Kier alpha value is -3.56. The van der Waals surface area contributed by atoms with Crippen LogP contribution in [0.2, 0.25) is 0 Å². The topological polar surface area (TPSA) is 74.2 Å². The Morgan fingerprint density at radius 2 is 1.84 bits per heavy atom. The molecule has 1 atom stereocenters. The van der Waals surface area contributed by atoms with Crippen LogP contribution in [0.25, 0.3) is 0 Å². The van der Waals surface area contributed by atoms with Gasteiger partial charge in [0.2, 0.25) is 0 Å². The van der Waals surface area contributed by atoms with Crippen molar-refractivity contribution in [2.24, 2.45) is 4.99 Å². The molecule has 2 heterocycles. The van der Waals surface area contributed by atoms with Crippen LogP contribution in [-0.2, 0) is 6.18 Å². The maximum atomic E-state index is 13.3.